The van der Waals surface area contributed by atoms with Crippen molar-refractivity contribution in [3.8, 4) is 5.69 Å². The van der Waals surface area contributed by atoms with Gasteiger partial charge in [0.2, 0.25) is 0 Å². The number of imidazole rings is 1. The topological polar surface area (TPSA) is 29.9 Å². The predicted octanol–water partition coefficient (Wildman–Crippen LogP) is 4.20. The molecule has 0 radical (unpaired) electrons. The zero-order chi connectivity index (χ0) is 15.5. The van der Waals surface area contributed by atoms with Gasteiger partial charge in [-0.1, -0.05) is 30.3 Å². The van der Waals surface area contributed by atoms with Gasteiger partial charge in [0.05, 0.1) is 6.33 Å². The maximum Gasteiger partial charge on any atom is 0.0991 e. The zero-order valence-corrected chi connectivity index (χ0v) is 13.7. The molecule has 2 heterocycles. The van der Waals surface area contributed by atoms with Gasteiger partial charge in [-0.2, -0.15) is 0 Å². The summed E-state index contributed by atoms with van der Waals surface area (Å²) in [6.45, 7) is 0.897. The molecule has 116 valence electrons. The predicted molar refractivity (Wildman–Crippen MR) is 94.9 cm³/mol. The first-order valence-electron chi connectivity index (χ1n) is 7.92. The standard InChI is InChI=1S/C19H19N3S/c1-2-4-19-17(3-1)18(9-12-23-19)21-13-15-5-7-16(8-6-15)22-11-10-20-14-22/h1-8,10-11,14,18,21H,9,12-13H2/t18-/m1/s1. The van der Waals surface area contributed by atoms with Crippen molar-refractivity contribution in [3.63, 3.8) is 0 Å². The van der Waals surface area contributed by atoms with Gasteiger partial charge in [0, 0.05) is 35.6 Å². The van der Waals surface area contributed by atoms with Crippen molar-refractivity contribution in [2.45, 2.75) is 23.9 Å². The summed E-state index contributed by atoms with van der Waals surface area (Å²) in [6, 6.07) is 17.9. The van der Waals surface area contributed by atoms with E-state index >= 15 is 0 Å². The summed E-state index contributed by atoms with van der Waals surface area (Å²) < 4.78 is 2.02. The van der Waals surface area contributed by atoms with Crippen molar-refractivity contribution in [1.82, 2.24) is 14.9 Å². The van der Waals surface area contributed by atoms with Crippen molar-refractivity contribution in [2.75, 3.05) is 5.75 Å². The minimum Gasteiger partial charge on any atom is -0.306 e. The van der Waals surface area contributed by atoms with Crippen molar-refractivity contribution in [1.29, 1.82) is 0 Å². The molecule has 2 aromatic carbocycles. The largest absolute Gasteiger partial charge is 0.306 e. The summed E-state index contributed by atoms with van der Waals surface area (Å²) in [5.74, 6) is 1.19. The molecular weight excluding hydrogens is 302 g/mol. The molecule has 1 N–H and O–H groups in total. The number of nitrogens with zero attached hydrogens (tertiary/aromatic N) is 2. The van der Waals surface area contributed by atoms with Crippen LogP contribution in [0.1, 0.15) is 23.6 Å². The Morgan fingerprint density at radius 1 is 1.13 bits per heavy atom. The van der Waals surface area contributed by atoms with Gasteiger partial charge in [-0.3, -0.25) is 0 Å². The lowest BCUT2D eigenvalue weighted by Crippen LogP contribution is -2.24. The van der Waals surface area contributed by atoms with Crippen LogP contribution in [0.25, 0.3) is 5.69 Å². The van der Waals surface area contributed by atoms with Gasteiger partial charge in [0.15, 0.2) is 0 Å². The van der Waals surface area contributed by atoms with Crippen molar-refractivity contribution in [3.05, 3.63) is 78.4 Å². The average molecular weight is 321 g/mol. The third kappa shape index (κ3) is 3.19. The first kappa shape index (κ1) is 14.5. The number of hydrogen-bond donors (Lipinski definition) is 1. The third-order valence-electron chi connectivity index (χ3n) is 4.25. The van der Waals surface area contributed by atoms with Crippen LogP contribution >= 0.6 is 11.8 Å². The molecule has 0 aliphatic carbocycles. The second kappa shape index (κ2) is 6.60. The molecule has 0 amide bonds. The number of benzene rings is 2. The van der Waals surface area contributed by atoms with Crippen LogP contribution in [0, 0.1) is 0 Å². The molecule has 1 aliphatic heterocycles. The van der Waals surface area contributed by atoms with Crippen molar-refractivity contribution in [2.24, 2.45) is 0 Å². The van der Waals surface area contributed by atoms with E-state index < -0.39 is 0 Å². The highest BCUT2D eigenvalue weighted by Crippen LogP contribution is 2.35. The van der Waals surface area contributed by atoms with Crippen LogP contribution in [0.4, 0.5) is 0 Å². The summed E-state index contributed by atoms with van der Waals surface area (Å²) in [7, 11) is 0. The van der Waals surface area contributed by atoms with Crippen LogP contribution in [-0.2, 0) is 6.54 Å². The Balaban J connectivity index is 1.44. The van der Waals surface area contributed by atoms with E-state index in [0.717, 1.165) is 12.2 Å². The van der Waals surface area contributed by atoms with Gasteiger partial charge in [0.25, 0.3) is 0 Å². The molecule has 0 saturated heterocycles. The fourth-order valence-electron chi connectivity index (χ4n) is 2.99. The number of aromatic nitrogens is 2. The van der Waals surface area contributed by atoms with Crippen molar-refractivity contribution >= 4 is 11.8 Å². The first-order valence-corrected chi connectivity index (χ1v) is 8.91. The Labute approximate surface area is 140 Å². The maximum atomic E-state index is 4.09. The quantitative estimate of drug-likeness (QED) is 0.781. The molecule has 3 nitrogen and oxygen atoms in total. The second-order valence-corrected chi connectivity index (χ2v) is 6.88. The monoisotopic (exact) mass is 321 g/mol. The lowest BCUT2D eigenvalue weighted by molar-refractivity contribution is 0.510. The van der Waals surface area contributed by atoms with E-state index in [2.05, 4.69) is 58.8 Å². The van der Waals surface area contributed by atoms with Crippen LogP contribution in [0.3, 0.4) is 0 Å². The zero-order valence-electron chi connectivity index (χ0n) is 12.9. The lowest BCUT2D eigenvalue weighted by atomic mass is 10.0. The Bertz CT molecular complexity index is 766. The van der Waals surface area contributed by atoms with Gasteiger partial charge < -0.3 is 9.88 Å². The van der Waals surface area contributed by atoms with Gasteiger partial charge in [-0.25, -0.2) is 4.98 Å². The molecular formula is C19H19N3S. The smallest absolute Gasteiger partial charge is 0.0991 e. The molecule has 23 heavy (non-hydrogen) atoms. The molecule has 4 rings (SSSR count). The molecule has 1 aliphatic rings. The summed E-state index contributed by atoms with van der Waals surface area (Å²) in [5.41, 5.74) is 3.90. The normalized spacial score (nSPS) is 17.0. The highest BCUT2D eigenvalue weighted by Gasteiger charge is 2.19. The third-order valence-corrected chi connectivity index (χ3v) is 5.37. The van der Waals surface area contributed by atoms with E-state index in [0.29, 0.717) is 6.04 Å². The van der Waals surface area contributed by atoms with Crippen LogP contribution in [0.2, 0.25) is 0 Å². The second-order valence-electron chi connectivity index (χ2n) is 5.74. The summed E-state index contributed by atoms with van der Waals surface area (Å²) in [5, 5.41) is 3.72. The number of nitrogens with one attached hydrogen (secondary N) is 1. The number of hydrogen-bond acceptors (Lipinski definition) is 3. The van der Waals surface area contributed by atoms with E-state index in [1.807, 2.05) is 28.9 Å². The number of fused-ring (bicyclic) bond motifs is 1. The fourth-order valence-corrected chi connectivity index (χ4v) is 4.12. The molecule has 0 spiro atoms. The van der Waals surface area contributed by atoms with Gasteiger partial charge >= 0.3 is 0 Å². The highest BCUT2D eigenvalue weighted by molar-refractivity contribution is 7.99. The molecule has 1 atom stereocenters. The van der Waals surface area contributed by atoms with E-state index in [1.165, 1.54) is 28.2 Å². The van der Waals surface area contributed by atoms with Crippen LogP contribution in [-0.4, -0.2) is 15.3 Å². The van der Waals surface area contributed by atoms with Gasteiger partial charge in [-0.05, 0) is 41.5 Å². The Morgan fingerprint density at radius 2 is 2.00 bits per heavy atom. The Morgan fingerprint density at radius 3 is 2.83 bits per heavy atom. The van der Waals surface area contributed by atoms with E-state index in [1.54, 1.807) is 6.20 Å². The molecule has 0 unspecified atom stereocenters. The van der Waals surface area contributed by atoms with E-state index in [-0.39, 0.29) is 0 Å². The number of rotatable bonds is 4. The van der Waals surface area contributed by atoms with Gasteiger partial charge in [0.1, 0.15) is 0 Å². The van der Waals surface area contributed by atoms with Crippen LogP contribution in [0.5, 0.6) is 0 Å². The molecule has 0 saturated carbocycles. The summed E-state index contributed by atoms with van der Waals surface area (Å²) in [6.07, 6.45) is 6.77. The molecule has 1 aromatic heterocycles. The van der Waals surface area contributed by atoms with E-state index in [4.69, 9.17) is 0 Å². The van der Waals surface area contributed by atoms with Crippen molar-refractivity contribution < 1.29 is 0 Å². The SMILES string of the molecule is c1ccc2c(c1)SCC[C@H]2NCc1ccc(-n2ccnc2)cc1. The molecule has 0 bridgehead atoms. The Kier molecular flexibility index (Phi) is 4.18. The fraction of sp³-hybridized carbons (Fsp3) is 0.211. The highest BCUT2D eigenvalue weighted by atomic mass is 32.2. The van der Waals surface area contributed by atoms with Crippen LogP contribution < -0.4 is 5.32 Å². The number of thioether (sulfide) groups is 1. The molecule has 3 aromatic rings. The van der Waals surface area contributed by atoms with Crippen LogP contribution in [0.15, 0.2) is 72.1 Å². The first-order chi connectivity index (χ1) is 11.4. The van der Waals surface area contributed by atoms with E-state index in [9.17, 15) is 0 Å². The molecule has 0 fully saturated rings. The maximum absolute atomic E-state index is 4.09. The minimum absolute atomic E-state index is 0.459. The summed E-state index contributed by atoms with van der Waals surface area (Å²) in [4.78, 5) is 5.51. The summed E-state index contributed by atoms with van der Waals surface area (Å²) >= 11 is 1.97. The molecule has 4 heteroatoms. The minimum atomic E-state index is 0.459. The Hall–Kier alpha value is -2.04. The van der Waals surface area contributed by atoms with Gasteiger partial charge in [-0.15, -0.1) is 11.8 Å². The average Bonchev–Trinajstić information content (AvgIpc) is 3.15. The lowest BCUT2D eigenvalue weighted by Gasteiger charge is -2.26.